The van der Waals surface area contributed by atoms with Gasteiger partial charge in [-0.1, -0.05) is 0 Å². The van der Waals surface area contributed by atoms with Crippen LogP contribution >= 0.6 is 28.3 Å². The van der Waals surface area contributed by atoms with E-state index in [9.17, 15) is 0 Å². The Balaban J connectivity index is 3.02. The molecule has 0 aliphatic rings. The van der Waals surface area contributed by atoms with E-state index in [1.807, 2.05) is 0 Å². The second kappa shape index (κ2) is 1.99. The van der Waals surface area contributed by atoms with Crippen LogP contribution in [-0.4, -0.2) is 3.76 Å². The Kier molecular flexibility index (Phi) is 2.60. The molecule has 0 aromatic heterocycles. The van der Waals surface area contributed by atoms with E-state index >= 15 is 0 Å². The van der Waals surface area contributed by atoms with Crippen molar-refractivity contribution in [3.05, 3.63) is 0 Å². The van der Waals surface area contributed by atoms with E-state index in [2.05, 4.69) is 0 Å². The van der Waals surface area contributed by atoms with E-state index in [0.717, 1.165) is 0 Å². The van der Waals surface area contributed by atoms with Crippen molar-refractivity contribution < 1.29 is 17.1 Å². The molecule has 0 amide bonds. The van der Waals surface area contributed by atoms with E-state index in [0.29, 0.717) is 0 Å². The van der Waals surface area contributed by atoms with Crippen LogP contribution in [0.3, 0.4) is 0 Å². The molecule has 34 valence electrons. The third-order valence-electron chi connectivity index (χ3n) is 0. The van der Waals surface area contributed by atoms with Crippen LogP contribution in [0.4, 0.5) is 0 Å². The van der Waals surface area contributed by atoms with Gasteiger partial charge in [-0.15, -0.1) is 0 Å². The maximum atomic E-state index is 8.01. The number of rotatable bonds is 0. The Morgan fingerprint density at radius 1 is 1.20 bits per heavy atom. The van der Waals surface area contributed by atoms with E-state index in [-0.39, 0.29) is 0 Å². The van der Waals surface area contributed by atoms with Gasteiger partial charge in [0.2, 0.25) is 0 Å². The molecule has 0 fully saturated rings. The van der Waals surface area contributed by atoms with E-state index in [1.54, 1.807) is 0 Å². The molecular formula is HCl3MoO. The molecule has 0 bridgehead atoms. The van der Waals surface area contributed by atoms with Gasteiger partial charge >= 0.3 is 45.3 Å². The fourth-order valence-electron chi connectivity index (χ4n) is 0. The summed E-state index contributed by atoms with van der Waals surface area (Å²) in [6.45, 7) is 0. The molecule has 0 spiro atoms. The third kappa shape index (κ3) is 29.6. The summed E-state index contributed by atoms with van der Waals surface area (Å²) in [5, 5.41) is 0. The van der Waals surface area contributed by atoms with Crippen molar-refractivity contribution in [2.24, 2.45) is 0 Å². The molecular weight excluding hydrogens is 218 g/mol. The summed E-state index contributed by atoms with van der Waals surface area (Å²) in [6.07, 6.45) is 0. The first-order chi connectivity index (χ1) is 2.00. The molecule has 1 N–H and O–H groups in total. The normalized spacial score (nSPS) is 15.2. The monoisotopic (exact) mass is 220 g/mol. The molecule has 0 unspecified atom stereocenters. The fourth-order valence-corrected chi connectivity index (χ4v) is 0. The summed E-state index contributed by atoms with van der Waals surface area (Å²) in [6, 6.07) is 0. The van der Waals surface area contributed by atoms with Gasteiger partial charge in [0, 0.05) is 0 Å². The van der Waals surface area contributed by atoms with Crippen LogP contribution in [0, 0.1) is 0 Å². The zero-order valence-electron chi connectivity index (χ0n) is 1.99. The Morgan fingerprint density at radius 3 is 1.20 bits per heavy atom. The summed E-state index contributed by atoms with van der Waals surface area (Å²) < 4.78 is 8.01. The van der Waals surface area contributed by atoms with Gasteiger partial charge in [0.05, 0.1) is 0 Å². The van der Waals surface area contributed by atoms with Crippen molar-refractivity contribution in [1.29, 1.82) is 0 Å². The molecule has 0 radical (unpaired) electrons. The van der Waals surface area contributed by atoms with Gasteiger partial charge in [0.25, 0.3) is 0 Å². The predicted molar refractivity (Wildman–Crippen MR) is 19.8 cm³/mol. The molecule has 0 heterocycles. The summed E-state index contributed by atoms with van der Waals surface area (Å²) in [7, 11) is 14.4. The summed E-state index contributed by atoms with van der Waals surface area (Å²) in [5.41, 5.74) is 0. The zero-order chi connectivity index (χ0) is 4.50. The van der Waals surface area contributed by atoms with Gasteiger partial charge in [-0.3, -0.25) is 0 Å². The minimum absolute atomic E-state index is 3.60. The Morgan fingerprint density at radius 2 is 1.20 bits per heavy atom. The first-order valence-electron chi connectivity index (χ1n) is 0.645. The Labute approximate surface area is 45.3 Å². The van der Waals surface area contributed by atoms with E-state index in [1.165, 1.54) is 0 Å². The van der Waals surface area contributed by atoms with Gasteiger partial charge in [-0.05, 0) is 0 Å². The van der Waals surface area contributed by atoms with Crippen LogP contribution in [0.2, 0.25) is 0 Å². The van der Waals surface area contributed by atoms with Crippen LogP contribution in [0.1, 0.15) is 0 Å². The molecule has 0 rings (SSSR count). The summed E-state index contributed by atoms with van der Waals surface area (Å²) in [4.78, 5) is 0. The average molecular weight is 219 g/mol. The Bertz CT molecular complexity index is 22.4. The standard InChI is InChI=1S/3ClH.Mo.H2O/h3*1H;;1H2/q;;;+4;/p-4. The van der Waals surface area contributed by atoms with Crippen LogP contribution in [0.5, 0.6) is 0 Å². The van der Waals surface area contributed by atoms with Crippen LogP contribution in [-0.2, 0) is 13.3 Å². The molecule has 0 aliphatic carbocycles. The SMILES string of the molecule is [OH][Mo]([Cl])([Cl])[Cl]. The molecule has 5 heteroatoms. The molecule has 0 aromatic rings. The Hall–Kier alpha value is 1.52. The molecule has 1 nitrogen and oxygen atoms in total. The second-order valence-electron chi connectivity index (χ2n) is 0.382. The van der Waals surface area contributed by atoms with Crippen molar-refractivity contribution >= 4 is 28.3 Å². The van der Waals surface area contributed by atoms with Crippen molar-refractivity contribution in [1.82, 2.24) is 0 Å². The number of hydrogen-bond donors (Lipinski definition) is 1. The summed E-state index contributed by atoms with van der Waals surface area (Å²) >= 11 is -3.60. The van der Waals surface area contributed by atoms with Crippen molar-refractivity contribution in [2.45, 2.75) is 0 Å². The van der Waals surface area contributed by atoms with Crippen molar-refractivity contribution in [3.8, 4) is 0 Å². The molecule has 5 heavy (non-hydrogen) atoms. The minimum atomic E-state index is -3.60. The zero-order valence-corrected chi connectivity index (χ0v) is 6.26. The first kappa shape index (κ1) is 6.52. The molecule has 0 aliphatic heterocycles. The van der Waals surface area contributed by atoms with E-state index in [4.69, 9.17) is 32.0 Å². The van der Waals surface area contributed by atoms with Crippen LogP contribution in [0.15, 0.2) is 0 Å². The van der Waals surface area contributed by atoms with Crippen LogP contribution < -0.4 is 0 Å². The van der Waals surface area contributed by atoms with Gasteiger partial charge in [-0.25, -0.2) is 0 Å². The predicted octanol–water partition coefficient (Wildman–Crippen LogP) is 1.51. The van der Waals surface area contributed by atoms with Crippen molar-refractivity contribution in [2.75, 3.05) is 0 Å². The van der Waals surface area contributed by atoms with Gasteiger partial charge in [0.1, 0.15) is 0 Å². The van der Waals surface area contributed by atoms with Crippen molar-refractivity contribution in [3.63, 3.8) is 0 Å². The molecule has 0 saturated heterocycles. The van der Waals surface area contributed by atoms with Crippen LogP contribution in [0.25, 0.3) is 0 Å². The van der Waals surface area contributed by atoms with Gasteiger partial charge < -0.3 is 0 Å². The third-order valence-corrected chi connectivity index (χ3v) is 0. The van der Waals surface area contributed by atoms with Gasteiger partial charge in [0.15, 0.2) is 0 Å². The average Bonchev–Trinajstić information content (AvgIpc) is 0.722. The second-order valence-corrected chi connectivity index (χ2v) is 13.0. The first-order valence-corrected chi connectivity index (χ1v) is 9.30. The number of hydrogen-bond acceptors (Lipinski definition) is 1. The van der Waals surface area contributed by atoms with Gasteiger partial charge in [-0.2, -0.15) is 0 Å². The quantitative estimate of drug-likeness (QED) is 0.612. The number of halogens is 3. The topological polar surface area (TPSA) is 20.2 Å². The molecule has 0 saturated carbocycles. The van der Waals surface area contributed by atoms with E-state index < -0.39 is 13.3 Å². The molecule has 0 atom stereocenters. The maximum absolute atomic E-state index is 8.01. The molecule has 0 aromatic carbocycles. The fraction of sp³-hybridized carbons (Fsp3) is 0. The summed E-state index contributed by atoms with van der Waals surface area (Å²) in [5.74, 6) is 0.